The standard InChI is InChI=1S/C23H29N5O5/c1-12(2)8-16(23(32)33-4)25-22(31)18-10-14-9-17(14)28(18)19(30)11-27-21-15(6-5-7-24-21)20(26-27)13(3)29/h5-7,12,14,16-18H,8-11H2,1-4H3,(H,25,31)/t14-,16?,17-,18+/m1/s1. The smallest absolute Gasteiger partial charge is 0.328 e. The van der Waals surface area contributed by atoms with Crippen molar-refractivity contribution in [3.05, 3.63) is 24.0 Å². The van der Waals surface area contributed by atoms with Crippen LogP contribution < -0.4 is 5.32 Å². The molecule has 10 nitrogen and oxygen atoms in total. The number of methoxy groups -OCH3 is 1. The first-order valence-electron chi connectivity index (χ1n) is 11.2. The van der Waals surface area contributed by atoms with E-state index in [1.54, 1.807) is 23.2 Å². The van der Waals surface area contributed by atoms with Crippen LogP contribution in [0.2, 0.25) is 0 Å². The van der Waals surface area contributed by atoms with E-state index in [0.29, 0.717) is 23.9 Å². The maximum Gasteiger partial charge on any atom is 0.328 e. The quantitative estimate of drug-likeness (QED) is 0.470. The summed E-state index contributed by atoms with van der Waals surface area (Å²) in [6.07, 6.45) is 3.46. The van der Waals surface area contributed by atoms with Crippen molar-refractivity contribution in [2.75, 3.05) is 7.11 Å². The van der Waals surface area contributed by atoms with Gasteiger partial charge in [0.05, 0.1) is 12.5 Å². The van der Waals surface area contributed by atoms with Gasteiger partial charge < -0.3 is 15.0 Å². The first-order valence-corrected chi connectivity index (χ1v) is 11.2. The van der Waals surface area contributed by atoms with Gasteiger partial charge in [-0.3, -0.25) is 14.4 Å². The van der Waals surface area contributed by atoms with Crippen LogP contribution in [0.5, 0.6) is 0 Å². The number of ketones is 1. The second-order valence-corrected chi connectivity index (χ2v) is 9.27. The highest BCUT2D eigenvalue weighted by molar-refractivity contribution is 6.04. The number of aromatic nitrogens is 3. The Morgan fingerprint density at radius 3 is 2.67 bits per heavy atom. The molecule has 1 saturated heterocycles. The van der Waals surface area contributed by atoms with Crippen molar-refractivity contribution in [2.45, 2.75) is 64.7 Å². The predicted octanol–water partition coefficient (Wildman–Crippen LogP) is 1.33. The number of ether oxygens (including phenoxy) is 1. The molecule has 0 bridgehead atoms. The van der Waals surface area contributed by atoms with Gasteiger partial charge in [-0.05, 0) is 43.2 Å². The normalized spacial score (nSPS) is 22.2. The minimum atomic E-state index is -0.756. The third-order valence-electron chi connectivity index (χ3n) is 6.33. The fourth-order valence-corrected chi connectivity index (χ4v) is 4.73. The molecule has 176 valence electrons. The largest absolute Gasteiger partial charge is 0.467 e. The summed E-state index contributed by atoms with van der Waals surface area (Å²) in [5.74, 6) is -0.849. The Kier molecular flexibility index (Phi) is 6.18. The van der Waals surface area contributed by atoms with E-state index < -0.39 is 18.1 Å². The number of fused-ring (bicyclic) bond motifs is 2. The minimum Gasteiger partial charge on any atom is -0.467 e. The summed E-state index contributed by atoms with van der Waals surface area (Å²) in [6.45, 7) is 5.21. The van der Waals surface area contributed by atoms with Gasteiger partial charge in [0, 0.05) is 19.2 Å². The van der Waals surface area contributed by atoms with Crippen LogP contribution in [0.25, 0.3) is 11.0 Å². The fourth-order valence-electron chi connectivity index (χ4n) is 4.73. The molecule has 2 aromatic rings. The Balaban J connectivity index is 1.53. The van der Waals surface area contributed by atoms with E-state index in [9.17, 15) is 19.2 Å². The molecule has 2 amide bonds. The Labute approximate surface area is 191 Å². The van der Waals surface area contributed by atoms with Crippen molar-refractivity contribution in [3.8, 4) is 0 Å². The number of nitrogens with zero attached hydrogens (tertiary/aromatic N) is 4. The molecule has 0 spiro atoms. The topological polar surface area (TPSA) is 123 Å². The predicted molar refractivity (Wildman–Crippen MR) is 118 cm³/mol. The van der Waals surface area contributed by atoms with Gasteiger partial charge in [-0.15, -0.1) is 0 Å². The average molecular weight is 456 g/mol. The maximum absolute atomic E-state index is 13.3. The Bertz CT molecular complexity index is 1110. The zero-order valence-electron chi connectivity index (χ0n) is 19.3. The fraction of sp³-hybridized carbons (Fsp3) is 0.565. The molecule has 1 unspecified atom stereocenters. The minimum absolute atomic E-state index is 0.0111. The zero-order chi connectivity index (χ0) is 23.9. The van der Waals surface area contributed by atoms with E-state index in [0.717, 1.165) is 6.42 Å². The van der Waals surface area contributed by atoms with Crippen LogP contribution in [-0.4, -0.2) is 68.5 Å². The van der Waals surface area contributed by atoms with E-state index >= 15 is 0 Å². The highest BCUT2D eigenvalue weighted by Crippen LogP contribution is 2.48. The second-order valence-electron chi connectivity index (χ2n) is 9.27. The molecule has 33 heavy (non-hydrogen) atoms. The number of hydrogen-bond acceptors (Lipinski definition) is 7. The number of nitrogens with one attached hydrogen (secondary N) is 1. The van der Waals surface area contributed by atoms with Crippen LogP contribution >= 0.6 is 0 Å². The summed E-state index contributed by atoms with van der Waals surface area (Å²) in [4.78, 5) is 56.5. The molecule has 4 atom stereocenters. The van der Waals surface area contributed by atoms with E-state index in [1.165, 1.54) is 18.7 Å². The summed E-state index contributed by atoms with van der Waals surface area (Å²) >= 11 is 0. The summed E-state index contributed by atoms with van der Waals surface area (Å²) in [7, 11) is 1.29. The highest BCUT2D eigenvalue weighted by Gasteiger charge is 2.56. The van der Waals surface area contributed by atoms with Gasteiger partial charge in [0.1, 0.15) is 24.3 Å². The van der Waals surface area contributed by atoms with Gasteiger partial charge in [0.25, 0.3) is 0 Å². The summed E-state index contributed by atoms with van der Waals surface area (Å²) in [5, 5.41) is 7.70. The zero-order valence-corrected chi connectivity index (χ0v) is 19.3. The number of rotatable bonds is 8. The van der Waals surface area contributed by atoms with Gasteiger partial charge in [-0.2, -0.15) is 5.10 Å². The molecule has 2 fully saturated rings. The van der Waals surface area contributed by atoms with E-state index in [4.69, 9.17) is 4.74 Å². The van der Waals surface area contributed by atoms with E-state index in [2.05, 4.69) is 15.4 Å². The van der Waals surface area contributed by atoms with Crippen molar-refractivity contribution in [2.24, 2.45) is 11.8 Å². The van der Waals surface area contributed by atoms with Gasteiger partial charge in [-0.25, -0.2) is 14.5 Å². The van der Waals surface area contributed by atoms with Gasteiger partial charge >= 0.3 is 5.97 Å². The second kappa shape index (κ2) is 8.92. The van der Waals surface area contributed by atoms with Crippen LogP contribution in [0.15, 0.2) is 18.3 Å². The molecule has 1 aliphatic heterocycles. The van der Waals surface area contributed by atoms with Gasteiger partial charge in [-0.1, -0.05) is 13.8 Å². The number of carbonyl (C=O) groups is 4. The SMILES string of the molecule is COC(=O)C(CC(C)C)NC(=O)[C@@H]1C[C@H]2C[C@H]2N1C(=O)Cn1nc(C(C)=O)c2cccnc21. The number of pyridine rings is 1. The molecular formula is C23H29N5O5. The molecule has 3 heterocycles. The number of carbonyl (C=O) groups excluding carboxylic acids is 4. The molecule has 2 aliphatic rings. The lowest BCUT2D eigenvalue weighted by Gasteiger charge is -2.28. The number of hydrogen-bond donors (Lipinski definition) is 1. The molecule has 10 heteroatoms. The third kappa shape index (κ3) is 4.46. The molecule has 1 saturated carbocycles. The van der Waals surface area contributed by atoms with Crippen molar-refractivity contribution in [1.29, 1.82) is 0 Å². The first-order chi connectivity index (χ1) is 15.7. The lowest BCUT2D eigenvalue weighted by atomic mass is 10.0. The first kappa shape index (κ1) is 22.9. The number of Topliss-reactive ketones (excluding diaryl/α,β-unsaturated/α-hetero) is 1. The van der Waals surface area contributed by atoms with Crippen LogP contribution in [0.4, 0.5) is 0 Å². The van der Waals surface area contributed by atoms with Crippen LogP contribution in [-0.2, 0) is 25.7 Å². The molecule has 1 aliphatic carbocycles. The number of esters is 1. The van der Waals surface area contributed by atoms with Gasteiger partial charge in [0.15, 0.2) is 11.4 Å². The Hall–Kier alpha value is -3.30. The number of amides is 2. The summed E-state index contributed by atoms with van der Waals surface area (Å²) in [6, 6.07) is 2.07. The monoisotopic (exact) mass is 455 g/mol. The maximum atomic E-state index is 13.3. The third-order valence-corrected chi connectivity index (χ3v) is 6.33. The Morgan fingerprint density at radius 2 is 2.00 bits per heavy atom. The van der Waals surface area contributed by atoms with E-state index in [-0.39, 0.29) is 47.7 Å². The van der Waals surface area contributed by atoms with Crippen molar-refractivity contribution in [3.63, 3.8) is 0 Å². The van der Waals surface area contributed by atoms with Crippen molar-refractivity contribution in [1.82, 2.24) is 25.0 Å². The lowest BCUT2D eigenvalue weighted by Crippen LogP contribution is -2.53. The molecule has 0 aromatic carbocycles. The van der Waals surface area contributed by atoms with Crippen LogP contribution in [0.1, 0.15) is 50.5 Å². The number of piperidine rings is 1. The highest BCUT2D eigenvalue weighted by atomic mass is 16.5. The van der Waals surface area contributed by atoms with Gasteiger partial charge in [0.2, 0.25) is 11.8 Å². The Morgan fingerprint density at radius 1 is 1.24 bits per heavy atom. The van der Waals surface area contributed by atoms with Crippen molar-refractivity contribution >= 4 is 34.6 Å². The average Bonchev–Trinajstić information content (AvgIpc) is 3.27. The van der Waals surface area contributed by atoms with E-state index in [1.807, 2.05) is 13.8 Å². The summed E-state index contributed by atoms with van der Waals surface area (Å²) in [5.41, 5.74) is 0.715. The molecular weight excluding hydrogens is 426 g/mol. The number of likely N-dealkylation sites (tertiary alicyclic amines) is 1. The van der Waals surface area contributed by atoms with Crippen LogP contribution in [0.3, 0.4) is 0 Å². The lowest BCUT2D eigenvalue weighted by molar-refractivity contribution is -0.147. The molecule has 2 aromatic heterocycles. The molecule has 1 N–H and O–H groups in total. The molecule has 0 radical (unpaired) electrons. The summed E-state index contributed by atoms with van der Waals surface area (Å²) < 4.78 is 6.27. The van der Waals surface area contributed by atoms with Crippen molar-refractivity contribution < 1.29 is 23.9 Å². The molecule has 4 rings (SSSR count). The van der Waals surface area contributed by atoms with Crippen LogP contribution in [0, 0.1) is 11.8 Å².